The standard InChI is InChI=1S/C19H31N3O3.HI/c1-5-19(8-7-9-19)13-22-18(20-6-2)21-12-14-10-15(24-3)17(23)16(11-14)25-4;/h10-11,23H,5-9,12-13H2,1-4H3,(H2,20,21,22);1H. The van der Waals surface area contributed by atoms with E-state index in [9.17, 15) is 5.11 Å². The fourth-order valence-corrected chi connectivity index (χ4v) is 3.15. The minimum Gasteiger partial charge on any atom is -0.502 e. The molecule has 2 rings (SSSR count). The van der Waals surface area contributed by atoms with Crippen molar-refractivity contribution in [3.63, 3.8) is 0 Å². The number of guanidine groups is 1. The molecule has 1 aliphatic rings. The quantitative estimate of drug-likeness (QED) is 0.303. The molecule has 0 aliphatic heterocycles. The topological polar surface area (TPSA) is 75.1 Å². The second-order valence-electron chi connectivity index (χ2n) is 6.60. The molecule has 7 heteroatoms. The molecule has 0 saturated heterocycles. The summed E-state index contributed by atoms with van der Waals surface area (Å²) < 4.78 is 10.4. The van der Waals surface area contributed by atoms with Gasteiger partial charge in [0, 0.05) is 13.1 Å². The van der Waals surface area contributed by atoms with E-state index in [2.05, 4.69) is 29.5 Å². The number of halogens is 1. The highest BCUT2D eigenvalue weighted by molar-refractivity contribution is 14.0. The number of aromatic hydroxyl groups is 1. The largest absolute Gasteiger partial charge is 0.502 e. The molecule has 0 bridgehead atoms. The van der Waals surface area contributed by atoms with E-state index in [0.717, 1.165) is 24.6 Å². The van der Waals surface area contributed by atoms with E-state index in [1.54, 1.807) is 12.1 Å². The molecule has 1 aromatic rings. The maximum absolute atomic E-state index is 10.00. The van der Waals surface area contributed by atoms with Crippen LogP contribution in [0.15, 0.2) is 17.1 Å². The summed E-state index contributed by atoms with van der Waals surface area (Å²) in [6.07, 6.45) is 5.12. The SMILES string of the molecule is CCNC(=NCc1cc(OC)c(O)c(OC)c1)NCC1(CC)CCC1.I. The van der Waals surface area contributed by atoms with Crippen molar-refractivity contribution >= 4 is 29.9 Å². The lowest BCUT2D eigenvalue weighted by Crippen LogP contribution is -2.46. The van der Waals surface area contributed by atoms with Crippen molar-refractivity contribution in [3.05, 3.63) is 17.7 Å². The van der Waals surface area contributed by atoms with Gasteiger partial charge in [-0.2, -0.15) is 0 Å². The van der Waals surface area contributed by atoms with Gasteiger partial charge in [0.25, 0.3) is 0 Å². The summed E-state index contributed by atoms with van der Waals surface area (Å²) in [6.45, 7) is 6.56. The molecule has 0 radical (unpaired) electrons. The average molecular weight is 477 g/mol. The van der Waals surface area contributed by atoms with E-state index in [1.807, 2.05) is 0 Å². The first-order chi connectivity index (χ1) is 12.1. The maximum atomic E-state index is 10.00. The van der Waals surface area contributed by atoms with Crippen molar-refractivity contribution in [3.8, 4) is 17.2 Å². The van der Waals surface area contributed by atoms with Crippen LogP contribution in [-0.4, -0.2) is 38.4 Å². The Kier molecular flexibility index (Phi) is 9.32. The molecule has 0 spiro atoms. The van der Waals surface area contributed by atoms with Gasteiger partial charge in [-0.15, -0.1) is 24.0 Å². The zero-order valence-electron chi connectivity index (χ0n) is 16.2. The van der Waals surface area contributed by atoms with Crippen molar-refractivity contribution in [2.24, 2.45) is 10.4 Å². The number of phenolic OH excluding ortho intramolecular Hbond substituents is 1. The molecule has 0 heterocycles. The fraction of sp³-hybridized carbons (Fsp3) is 0.632. The van der Waals surface area contributed by atoms with Crippen LogP contribution in [0.5, 0.6) is 17.2 Å². The normalized spacial score (nSPS) is 15.5. The van der Waals surface area contributed by atoms with Gasteiger partial charge in [-0.25, -0.2) is 4.99 Å². The molecule has 1 aromatic carbocycles. The van der Waals surface area contributed by atoms with Crippen LogP contribution in [0.3, 0.4) is 0 Å². The van der Waals surface area contributed by atoms with Gasteiger partial charge in [-0.1, -0.05) is 13.3 Å². The summed E-state index contributed by atoms with van der Waals surface area (Å²) >= 11 is 0. The molecule has 1 saturated carbocycles. The summed E-state index contributed by atoms with van der Waals surface area (Å²) in [5.41, 5.74) is 1.35. The van der Waals surface area contributed by atoms with E-state index >= 15 is 0 Å². The Morgan fingerprint density at radius 1 is 1.15 bits per heavy atom. The van der Waals surface area contributed by atoms with Gasteiger partial charge in [0.2, 0.25) is 5.75 Å². The second-order valence-corrected chi connectivity index (χ2v) is 6.60. The Morgan fingerprint density at radius 3 is 2.19 bits per heavy atom. The predicted octanol–water partition coefficient (Wildman–Crippen LogP) is 3.66. The van der Waals surface area contributed by atoms with Crippen LogP contribution in [0, 0.1) is 5.41 Å². The van der Waals surface area contributed by atoms with Gasteiger partial charge in [-0.3, -0.25) is 0 Å². The van der Waals surface area contributed by atoms with Gasteiger partial charge >= 0.3 is 0 Å². The van der Waals surface area contributed by atoms with E-state index in [-0.39, 0.29) is 29.7 Å². The maximum Gasteiger partial charge on any atom is 0.200 e. The fourth-order valence-electron chi connectivity index (χ4n) is 3.15. The Balaban J connectivity index is 0.00000338. The zero-order valence-corrected chi connectivity index (χ0v) is 18.6. The van der Waals surface area contributed by atoms with E-state index < -0.39 is 0 Å². The number of rotatable bonds is 8. The van der Waals surface area contributed by atoms with Crippen LogP contribution in [-0.2, 0) is 6.54 Å². The molecule has 0 aromatic heterocycles. The lowest BCUT2D eigenvalue weighted by atomic mass is 9.67. The Labute approximate surface area is 173 Å². The van der Waals surface area contributed by atoms with Crippen molar-refractivity contribution in [2.45, 2.75) is 46.1 Å². The molecule has 6 nitrogen and oxygen atoms in total. The van der Waals surface area contributed by atoms with E-state index in [0.29, 0.717) is 23.5 Å². The first-order valence-corrected chi connectivity index (χ1v) is 9.03. The minimum absolute atomic E-state index is 0. The van der Waals surface area contributed by atoms with Gasteiger partial charge in [0.05, 0.1) is 20.8 Å². The Bertz CT molecular complexity index is 573. The van der Waals surface area contributed by atoms with Gasteiger partial charge < -0.3 is 25.2 Å². The summed E-state index contributed by atoms with van der Waals surface area (Å²) in [4.78, 5) is 4.66. The second kappa shape index (κ2) is 10.7. The number of nitrogens with one attached hydrogen (secondary N) is 2. The van der Waals surface area contributed by atoms with Crippen molar-refractivity contribution in [1.82, 2.24) is 10.6 Å². The third-order valence-electron chi connectivity index (χ3n) is 5.10. The average Bonchev–Trinajstić information content (AvgIpc) is 2.59. The lowest BCUT2D eigenvalue weighted by molar-refractivity contribution is 0.131. The number of methoxy groups -OCH3 is 2. The number of phenols is 1. The van der Waals surface area contributed by atoms with Crippen LogP contribution < -0.4 is 20.1 Å². The molecular formula is C19H32IN3O3. The van der Waals surface area contributed by atoms with Crippen LogP contribution in [0.2, 0.25) is 0 Å². The van der Waals surface area contributed by atoms with Crippen LogP contribution in [0.25, 0.3) is 0 Å². The third kappa shape index (κ3) is 5.56. The molecule has 0 unspecified atom stereocenters. The van der Waals surface area contributed by atoms with Gasteiger partial charge in [0.1, 0.15) is 0 Å². The number of hydrogen-bond donors (Lipinski definition) is 3. The highest BCUT2D eigenvalue weighted by Crippen LogP contribution is 2.43. The molecule has 26 heavy (non-hydrogen) atoms. The van der Waals surface area contributed by atoms with Crippen molar-refractivity contribution < 1.29 is 14.6 Å². The van der Waals surface area contributed by atoms with Gasteiger partial charge in [-0.05, 0) is 49.3 Å². The molecule has 0 atom stereocenters. The predicted molar refractivity (Wildman–Crippen MR) is 116 cm³/mol. The lowest BCUT2D eigenvalue weighted by Gasteiger charge is -2.41. The first kappa shape index (κ1) is 22.7. The van der Waals surface area contributed by atoms with Gasteiger partial charge in [0.15, 0.2) is 17.5 Å². The number of ether oxygens (including phenoxy) is 2. The number of nitrogens with zero attached hydrogens (tertiary/aromatic N) is 1. The van der Waals surface area contributed by atoms with E-state index in [4.69, 9.17) is 9.47 Å². The number of aliphatic imine (C=N–C) groups is 1. The highest BCUT2D eigenvalue weighted by atomic mass is 127. The highest BCUT2D eigenvalue weighted by Gasteiger charge is 2.34. The third-order valence-corrected chi connectivity index (χ3v) is 5.10. The minimum atomic E-state index is 0. The monoisotopic (exact) mass is 477 g/mol. The van der Waals surface area contributed by atoms with E-state index in [1.165, 1.54) is 39.9 Å². The molecular weight excluding hydrogens is 445 g/mol. The molecule has 3 N–H and O–H groups in total. The number of benzene rings is 1. The number of hydrogen-bond acceptors (Lipinski definition) is 4. The zero-order chi connectivity index (χ0) is 18.3. The Hall–Kier alpha value is -1.38. The summed E-state index contributed by atoms with van der Waals surface area (Å²) in [5.74, 6) is 1.61. The van der Waals surface area contributed by atoms with Crippen LogP contribution in [0.1, 0.15) is 45.1 Å². The molecule has 1 fully saturated rings. The molecule has 0 amide bonds. The summed E-state index contributed by atoms with van der Waals surface area (Å²) in [6, 6.07) is 3.56. The smallest absolute Gasteiger partial charge is 0.200 e. The van der Waals surface area contributed by atoms with Crippen molar-refractivity contribution in [2.75, 3.05) is 27.3 Å². The molecule has 1 aliphatic carbocycles. The van der Waals surface area contributed by atoms with Crippen molar-refractivity contribution in [1.29, 1.82) is 0 Å². The van der Waals surface area contributed by atoms with Crippen LogP contribution in [0.4, 0.5) is 0 Å². The molecule has 148 valence electrons. The summed E-state index contributed by atoms with van der Waals surface area (Å²) in [5, 5.41) is 16.8. The van der Waals surface area contributed by atoms with Crippen LogP contribution >= 0.6 is 24.0 Å². The first-order valence-electron chi connectivity index (χ1n) is 9.03. The Morgan fingerprint density at radius 2 is 1.77 bits per heavy atom. The summed E-state index contributed by atoms with van der Waals surface area (Å²) in [7, 11) is 3.05.